The molecule has 4 heterocycles. The van der Waals surface area contributed by atoms with Crippen LogP contribution in [-0.2, 0) is 0 Å². The van der Waals surface area contributed by atoms with E-state index in [2.05, 4.69) is 9.97 Å². The molecule has 0 atom stereocenters. The van der Waals surface area contributed by atoms with E-state index in [0.29, 0.717) is 33.6 Å². The van der Waals surface area contributed by atoms with Crippen LogP contribution in [0.15, 0.2) is 56.7 Å². The molecule has 0 aliphatic heterocycles. The van der Waals surface area contributed by atoms with E-state index in [-0.39, 0.29) is 22.1 Å². The minimum atomic E-state index is -0.262. The molecule has 4 rings (SSSR count). The summed E-state index contributed by atoms with van der Waals surface area (Å²) in [5.41, 5.74) is 1.96. The van der Waals surface area contributed by atoms with Crippen molar-refractivity contribution in [3.05, 3.63) is 74.1 Å². The minimum Gasteiger partial charge on any atom is -0.460 e. The molecular formula is C21H18ClN3O3. The molecule has 7 heteroatoms. The van der Waals surface area contributed by atoms with Gasteiger partial charge in [0.15, 0.2) is 11.2 Å². The van der Waals surface area contributed by atoms with Gasteiger partial charge in [0, 0.05) is 35.6 Å². The van der Waals surface area contributed by atoms with Crippen LogP contribution < -0.4 is 11.0 Å². The highest BCUT2D eigenvalue weighted by atomic mass is 35.5. The molecule has 0 aromatic carbocycles. The van der Waals surface area contributed by atoms with E-state index in [9.17, 15) is 9.59 Å². The fourth-order valence-electron chi connectivity index (χ4n) is 3.17. The summed E-state index contributed by atoms with van der Waals surface area (Å²) < 4.78 is 7.35. The van der Waals surface area contributed by atoms with Gasteiger partial charge in [-0.3, -0.25) is 9.59 Å². The molecule has 0 radical (unpaired) electrons. The van der Waals surface area contributed by atoms with E-state index >= 15 is 0 Å². The number of hydrogen-bond acceptors (Lipinski definition) is 4. The number of hydrogen-bond donors (Lipinski definition) is 1. The summed E-state index contributed by atoms with van der Waals surface area (Å²) in [4.78, 5) is 32.4. The monoisotopic (exact) mass is 395 g/mol. The maximum absolute atomic E-state index is 12.4. The number of rotatable bonds is 3. The molecule has 0 unspecified atom stereocenters. The lowest BCUT2D eigenvalue weighted by Crippen LogP contribution is -2.21. The Morgan fingerprint density at radius 1 is 1.18 bits per heavy atom. The molecule has 0 spiro atoms. The van der Waals surface area contributed by atoms with Crippen LogP contribution in [0.4, 0.5) is 0 Å². The number of fused-ring (bicyclic) bond motifs is 1. The molecule has 28 heavy (non-hydrogen) atoms. The number of nitrogens with one attached hydrogen (secondary N) is 1. The van der Waals surface area contributed by atoms with Gasteiger partial charge in [-0.25, -0.2) is 4.98 Å². The Balaban J connectivity index is 2.09. The van der Waals surface area contributed by atoms with E-state index in [1.165, 1.54) is 6.07 Å². The highest BCUT2D eigenvalue weighted by Gasteiger charge is 2.18. The summed E-state index contributed by atoms with van der Waals surface area (Å²) in [5.74, 6) is 1.31. The van der Waals surface area contributed by atoms with Gasteiger partial charge in [0.1, 0.15) is 22.1 Å². The first kappa shape index (κ1) is 18.3. The maximum Gasteiger partial charge on any atom is 0.269 e. The molecule has 0 saturated heterocycles. The molecule has 142 valence electrons. The molecule has 0 fully saturated rings. The van der Waals surface area contributed by atoms with Crippen LogP contribution in [0.25, 0.3) is 33.6 Å². The van der Waals surface area contributed by atoms with Crippen molar-refractivity contribution in [1.29, 1.82) is 0 Å². The first-order valence-electron chi connectivity index (χ1n) is 8.86. The molecule has 0 aliphatic carbocycles. The smallest absolute Gasteiger partial charge is 0.269 e. The second-order valence-corrected chi connectivity index (χ2v) is 7.32. The summed E-state index contributed by atoms with van der Waals surface area (Å²) in [6.45, 7) is 5.66. The highest BCUT2D eigenvalue weighted by molar-refractivity contribution is 6.30. The van der Waals surface area contributed by atoms with E-state index in [1.54, 1.807) is 29.1 Å². The molecule has 0 saturated carbocycles. The van der Waals surface area contributed by atoms with E-state index < -0.39 is 0 Å². The standard InChI is InChI=1S/C21H18ClN3O3/c1-11(2)25-10-13(8-16(22)21(25)27)14-9-15-17(26)6-7-23-20(15)24-19(14)18-5-4-12(3)28-18/h4-11H,1-3H3,(H,23,24,26). The fourth-order valence-corrected chi connectivity index (χ4v) is 3.38. The van der Waals surface area contributed by atoms with Crippen LogP contribution in [-0.4, -0.2) is 14.5 Å². The van der Waals surface area contributed by atoms with Crippen molar-refractivity contribution < 1.29 is 4.42 Å². The topological polar surface area (TPSA) is 80.9 Å². The average molecular weight is 396 g/mol. The minimum absolute atomic E-state index is 0.0731. The van der Waals surface area contributed by atoms with Crippen LogP contribution in [0.1, 0.15) is 25.6 Å². The van der Waals surface area contributed by atoms with Gasteiger partial charge < -0.3 is 14.0 Å². The summed E-state index contributed by atoms with van der Waals surface area (Å²) >= 11 is 6.22. The van der Waals surface area contributed by atoms with Crippen molar-refractivity contribution >= 4 is 22.6 Å². The van der Waals surface area contributed by atoms with Gasteiger partial charge in [-0.1, -0.05) is 11.6 Å². The van der Waals surface area contributed by atoms with Crippen molar-refractivity contribution in [2.45, 2.75) is 26.8 Å². The molecule has 1 N–H and O–H groups in total. The van der Waals surface area contributed by atoms with Gasteiger partial charge in [0.05, 0.1) is 5.39 Å². The van der Waals surface area contributed by atoms with E-state index in [1.807, 2.05) is 32.9 Å². The van der Waals surface area contributed by atoms with Gasteiger partial charge in [-0.15, -0.1) is 0 Å². The zero-order chi connectivity index (χ0) is 20.0. The van der Waals surface area contributed by atoms with Crippen molar-refractivity contribution in [2.75, 3.05) is 0 Å². The van der Waals surface area contributed by atoms with Crippen molar-refractivity contribution in [3.8, 4) is 22.6 Å². The number of halogens is 1. The molecular weight excluding hydrogens is 378 g/mol. The first-order chi connectivity index (χ1) is 13.3. The van der Waals surface area contributed by atoms with Crippen LogP contribution in [0.3, 0.4) is 0 Å². The number of nitrogens with zero attached hydrogens (tertiary/aromatic N) is 2. The molecule has 4 aromatic heterocycles. The first-order valence-corrected chi connectivity index (χ1v) is 9.24. The number of pyridine rings is 3. The second-order valence-electron chi connectivity index (χ2n) is 6.92. The van der Waals surface area contributed by atoms with Gasteiger partial charge in [0.2, 0.25) is 0 Å². The summed E-state index contributed by atoms with van der Waals surface area (Å²) in [6, 6.07) is 8.41. The Morgan fingerprint density at radius 3 is 2.64 bits per heavy atom. The Hall–Kier alpha value is -3.12. The quantitative estimate of drug-likeness (QED) is 0.551. The number of aromatic nitrogens is 3. The van der Waals surface area contributed by atoms with Crippen LogP contribution in [0.5, 0.6) is 0 Å². The van der Waals surface area contributed by atoms with Crippen molar-refractivity contribution in [1.82, 2.24) is 14.5 Å². The lowest BCUT2D eigenvalue weighted by atomic mass is 10.0. The second kappa shape index (κ2) is 6.80. The van der Waals surface area contributed by atoms with Crippen LogP contribution in [0, 0.1) is 6.92 Å². The Kier molecular flexibility index (Phi) is 4.43. The largest absolute Gasteiger partial charge is 0.460 e. The molecule has 0 aliphatic rings. The third kappa shape index (κ3) is 3.05. The third-order valence-electron chi connectivity index (χ3n) is 4.58. The lowest BCUT2D eigenvalue weighted by molar-refractivity contribution is 0.547. The van der Waals surface area contributed by atoms with Crippen molar-refractivity contribution in [3.63, 3.8) is 0 Å². The van der Waals surface area contributed by atoms with Gasteiger partial charge in [-0.2, -0.15) is 0 Å². The summed E-state index contributed by atoms with van der Waals surface area (Å²) in [6.07, 6.45) is 3.29. The maximum atomic E-state index is 12.4. The number of furan rings is 1. The van der Waals surface area contributed by atoms with Gasteiger partial charge in [-0.05, 0) is 45.0 Å². The molecule has 0 bridgehead atoms. The number of H-pyrrole nitrogens is 1. The average Bonchev–Trinajstić information content (AvgIpc) is 3.09. The normalized spacial score (nSPS) is 11.5. The summed E-state index contributed by atoms with van der Waals surface area (Å²) in [5, 5.41) is 0.554. The number of aryl methyl sites for hydroxylation is 1. The number of aromatic amines is 1. The van der Waals surface area contributed by atoms with Crippen molar-refractivity contribution in [2.24, 2.45) is 0 Å². The SMILES string of the molecule is Cc1ccc(-c2nc3[nH]ccc(=O)c3cc2-c2cc(Cl)c(=O)n(C(C)C)c2)o1. The molecule has 0 amide bonds. The molecule has 6 nitrogen and oxygen atoms in total. The lowest BCUT2D eigenvalue weighted by Gasteiger charge is -2.15. The Labute approximate surface area is 165 Å². The summed E-state index contributed by atoms with van der Waals surface area (Å²) in [7, 11) is 0. The van der Waals surface area contributed by atoms with Crippen LogP contribution in [0.2, 0.25) is 5.02 Å². The van der Waals surface area contributed by atoms with E-state index in [0.717, 1.165) is 5.76 Å². The highest BCUT2D eigenvalue weighted by Crippen LogP contribution is 2.34. The van der Waals surface area contributed by atoms with E-state index in [4.69, 9.17) is 16.0 Å². The fraction of sp³-hybridized carbons (Fsp3) is 0.190. The Bertz CT molecular complexity index is 1310. The van der Waals surface area contributed by atoms with Crippen LogP contribution >= 0.6 is 11.6 Å². The Morgan fingerprint density at radius 2 is 1.96 bits per heavy atom. The van der Waals surface area contributed by atoms with Gasteiger partial charge in [0.25, 0.3) is 5.56 Å². The predicted octanol–water partition coefficient (Wildman–Crippen LogP) is 4.55. The predicted molar refractivity (Wildman–Crippen MR) is 110 cm³/mol. The third-order valence-corrected chi connectivity index (χ3v) is 4.85. The zero-order valence-corrected chi connectivity index (χ0v) is 16.4. The molecule has 4 aromatic rings. The zero-order valence-electron chi connectivity index (χ0n) is 15.6. The van der Waals surface area contributed by atoms with Gasteiger partial charge >= 0.3 is 0 Å².